The number of aryl methyl sites for hydroxylation is 1. The molecule has 170 valence electrons. The van der Waals surface area contributed by atoms with Gasteiger partial charge in [-0.15, -0.1) is 0 Å². The van der Waals surface area contributed by atoms with Gasteiger partial charge < -0.3 is 10.2 Å². The molecule has 0 unspecified atom stereocenters. The Labute approximate surface area is 191 Å². The monoisotopic (exact) mass is 434 g/mol. The summed E-state index contributed by atoms with van der Waals surface area (Å²) in [5, 5.41) is 3.12. The maximum atomic E-state index is 13.2. The molecule has 2 aliphatic rings. The predicted octanol–water partition coefficient (Wildman–Crippen LogP) is 3.03. The lowest BCUT2D eigenvalue weighted by Crippen LogP contribution is -2.57. The fraction of sp³-hybridized carbons (Fsp3) is 0.500. The Balaban J connectivity index is 1.30. The molecule has 1 saturated carbocycles. The van der Waals surface area contributed by atoms with Crippen molar-refractivity contribution < 1.29 is 9.59 Å². The van der Waals surface area contributed by atoms with Crippen LogP contribution in [-0.4, -0.2) is 58.8 Å². The topological polar surface area (TPSA) is 65.5 Å². The first-order valence-corrected chi connectivity index (χ1v) is 11.9. The molecule has 1 aliphatic carbocycles. The number of benzene rings is 1. The van der Waals surface area contributed by atoms with Crippen LogP contribution in [0.15, 0.2) is 54.7 Å². The van der Waals surface area contributed by atoms with Gasteiger partial charge in [-0.1, -0.05) is 49.2 Å². The quantitative estimate of drug-likeness (QED) is 0.694. The lowest BCUT2D eigenvalue weighted by molar-refractivity contribution is -0.135. The SMILES string of the molecule is O=C(NCc1ccccn1)[C@@H](C1CCCC1)N1CCN(C(=O)CCc2ccccc2)CC1. The molecule has 1 N–H and O–H groups in total. The summed E-state index contributed by atoms with van der Waals surface area (Å²) >= 11 is 0. The van der Waals surface area contributed by atoms with E-state index in [1.54, 1.807) is 6.20 Å². The molecule has 2 fully saturated rings. The van der Waals surface area contributed by atoms with Crippen LogP contribution in [-0.2, 0) is 22.6 Å². The number of nitrogens with one attached hydrogen (secondary N) is 1. The standard InChI is InChI=1S/C26H34N4O2/c31-24(14-13-21-8-2-1-3-9-21)29-16-18-30(19-17-29)25(22-10-4-5-11-22)26(32)28-20-23-12-6-7-15-27-23/h1-3,6-9,12,15,22,25H,4-5,10-11,13-14,16-20H2,(H,28,32)/t25-/m1/s1. The number of amides is 2. The second kappa shape index (κ2) is 11.2. The first-order valence-electron chi connectivity index (χ1n) is 11.9. The lowest BCUT2D eigenvalue weighted by Gasteiger charge is -2.40. The maximum absolute atomic E-state index is 13.2. The van der Waals surface area contributed by atoms with Gasteiger partial charge in [0.25, 0.3) is 0 Å². The molecule has 2 aromatic rings. The van der Waals surface area contributed by atoms with E-state index in [1.807, 2.05) is 41.3 Å². The molecule has 1 aromatic carbocycles. The highest BCUT2D eigenvalue weighted by atomic mass is 16.2. The van der Waals surface area contributed by atoms with E-state index in [0.29, 0.717) is 32.0 Å². The third-order valence-corrected chi connectivity index (χ3v) is 6.82. The molecular weight excluding hydrogens is 400 g/mol. The van der Waals surface area contributed by atoms with E-state index in [-0.39, 0.29) is 17.9 Å². The Morgan fingerprint density at radius 2 is 1.69 bits per heavy atom. The maximum Gasteiger partial charge on any atom is 0.237 e. The number of nitrogens with zero attached hydrogens (tertiary/aromatic N) is 3. The van der Waals surface area contributed by atoms with Crippen LogP contribution in [0.4, 0.5) is 0 Å². The van der Waals surface area contributed by atoms with Gasteiger partial charge in [0, 0.05) is 38.8 Å². The van der Waals surface area contributed by atoms with E-state index in [1.165, 1.54) is 18.4 Å². The number of piperazine rings is 1. The van der Waals surface area contributed by atoms with Gasteiger partial charge in [-0.2, -0.15) is 0 Å². The summed E-state index contributed by atoms with van der Waals surface area (Å²) in [4.78, 5) is 34.5. The molecule has 1 aliphatic heterocycles. The van der Waals surface area contributed by atoms with Crippen LogP contribution >= 0.6 is 0 Å². The number of hydrogen-bond acceptors (Lipinski definition) is 4. The molecule has 0 bridgehead atoms. The Morgan fingerprint density at radius 3 is 2.38 bits per heavy atom. The molecule has 1 aromatic heterocycles. The first-order chi connectivity index (χ1) is 15.7. The fourth-order valence-corrected chi connectivity index (χ4v) is 5.04. The normalized spacial score (nSPS) is 18.4. The lowest BCUT2D eigenvalue weighted by atomic mass is 9.95. The second-order valence-electron chi connectivity index (χ2n) is 8.93. The van der Waals surface area contributed by atoms with Crippen LogP contribution in [0.2, 0.25) is 0 Å². The Bertz CT molecular complexity index is 860. The number of carbonyl (C=O) groups is 2. The van der Waals surface area contributed by atoms with Gasteiger partial charge in [-0.3, -0.25) is 19.5 Å². The highest BCUT2D eigenvalue weighted by Gasteiger charge is 2.37. The molecule has 6 nitrogen and oxygen atoms in total. The summed E-state index contributed by atoms with van der Waals surface area (Å²) in [6.07, 6.45) is 7.69. The van der Waals surface area contributed by atoms with Crippen LogP contribution in [0.1, 0.15) is 43.4 Å². The van der Waals surface area contributed by atoms with E-state index < -0.39 is 0 Å². The minimum absolute atomic E-state index is 0.103. The minimum Gasteiger partial charge on any atom is -0.349 e. The summed E-state index contributed by atoms with van der Waals surface area (Å²) in [7, 11) is 0. The molecule has 32 heavy (non-hydrogen) atoms. The van der Waals surface area contributed by atoms with E-state index in [4.69, 9.17) is 0 Å². The highest BCUT2D eigenvalue weighted by Crippen LogP contribution is 2.31. The van der Waals surface area contributed by atoms with Crippen LogP contribution < -0.4 is 5.32 Å². The molecule has 0 radical (unpaired) electrons. The van der Waals surface area contributed by atoms with Crippen molar-refractivity contribution >= 4 is 11.8 Å². The summed E-state index contributed by atoms with van der Waals surface area (Å²) in [6, 6.07) is 15.8. The van der Waals surface area contributed by atoms with Crippen molar-refractivity contribution in [2.75, 3.05) is 26.2 Å². The van der Waals surface area contributed by atoms with Gasteiger partial charge in [-0.25, -0.2) is 0 Å². The molecule has 2 amide bonds. The van der Waals surface area contributed by atoms with Gasteiger partial charge >= 0.3 is 0 Å². The highest BCUT2D eigenvalue weighted by molar-refractivity contribution is 5.82. The first kappa shape index (κ1) is 22.5. The number of rotatable bonds is 8. The molecule has 0 spiro atoms. The Morgan fingerprint density at radius 1 is 0.969 bits per heavy atom. The van der Waals surface area contributed by atoms with Gasteiger partial charge in [0.15, 0.2) is 0 Å². The van der Waals surface area contributed by atoms with Gasteiger partial charge in [-0.05, 0) is 42.9 Å². The van der Waals surface area contributed by atoms with E-state index in [2.05, 4.69) is 27.3 Å². The van der Waals surface area contributed by atoms with E-state index >= 15 is 0 Å². The number of pyridine rings is 1. The second-order valence-corrected chi connectivity index (χ2v) is 8.93. The molecule has 6 heteroatoms. The average Bonchev–Trinajstić information content (AvgIpc) is 3.37. The van der Waals surface area contributed by atoms with Crippen molar-refractivity contribution in [1.29, 1.82) is 0 Å². The van der Waals surface area contributed by atoms with Crippen LogP contribution in [0, 0.1) is 5.92 Å². The van der Waals surface area contributed by atoms with E-state index in [9.17, 15) is 9.59 Å². The zero-order valence-corrected chi connectivity index (χ0v) is 18.8. The molecule has 1 atom stereocenters. The van der Waals surface area contributed by atoms with Crippen LogP contribution in [0.25, 0.3) is 0 Å². The summed E-state index contributed by atoms with van der Waals surface area (Å²) in [6.45, 7) is 3.38. The smallest absolute Gasteiger partial charge is 0.237 e. The predicted molar refractivity (Wildman–Crippen MR) is 125 cm³/mol. The van der Waals surface area contributed by atoms with Crippen molar-refractivity contribution in [3.05, 3.63) is 66.0 Å². The molecule has 2 heterocycles. The third-order valence-electron chi connectivity index (χ3n) is 6.82. The molecular formula is C26H34N4O2. The van der Waals surface area contributed by atoms with Crippen molar-refractivity contribution in [3.63, 3.8) is 0 Å². The van der Waals surface area contributed by atoms with E-state index in [0.717, 1.165) is 38.0 Å². The van der Waals surface area contributed by atoms with Gasteiger partial charge in [0.05, 0.1) is 18.3 Å². The summed E-state index contributed by atoms with van der Waals surface area (Å²) < 4.78 is 0. The van der Waals surface area contributed by atoms with Gasteiger partial charge in [0.1, 0.15) is 0 Å². The summed E-state index contributed by atoms with van der Waals surface area (Å²) in [5.41, 5.74) is 2.07. The molecule has 1 saturated heterocycles. The minimum atomic E-state index is -0.109. The van der Waals surface area contributed by atoms with Crippen LogP contribution in [0.5, 0.6) is 0 Å². The van der Waals surface area contributed by atoms with Crippen molar-refractivity contribution in [2.24, 2.45) is 5.92 Å². The van der Waals surface area contributed by atoms with Crippen molar-refractivity contribution in [2.45, 2.75) is 51.1 Å². The average molecular weight is 435 g/mol. The zero-order valence-electron chi connectivity index (χ0n) is 18.8. The van der Waals surface area contributed by atoms with Crippen molar-refractivity contribution in [1.82, 2.24) is 20.1 Å². The largest absolute Gasteiger partial charge is 0.349 e. The van der Waals surface area contributed by atoms with Crippen LogP contribution in [0.3, 0.4) is 0 Å². The number of hydrogen-bond donors (Lipinski definition) is 1. The van der Waals surface area contributed by atoms with Gasteiger partial charge in [0.2, 0.25) is 11.8 Å². The molecule has 4 rings (SSSR count). The Kier molecular flexibility index (Phi) is 7.88. The number of aromatic nitrogens is 1. The Hall–Kier alpha value is -2.73. The van der Waals surface area contributed by atoms with Crippen molar-refractivity contribution in [3.8, 4) is 0 Å². The number of carbonyl (C=O) groups excluding carboxylic acids is 2. The zero-order chi connectivity index (χ0) is 22.2. The third kappa shape index (κ3) is 5.94. The fourth-order valence-electron chi connectivity index (χ4n) is 5.04. The summed E-state index contributed by atoms with van der Waals surface area (Å²) in [5.74, 6) is 0.719.